The number of carboxylic acids is 1. The van der Waals surface area contributed by atoms with Gasteiger partial charge in [0, 0.05) is 16.1 Å². The van der Waals surface area contributed by atoms with Gasteiger partial charge in [-0.15, -0.1) is 0 Å². The lowest BCUT2D eigenvalue weighted by Crippen LogP contribution is -2.33. The quantitative estimate of drug-likeness (QED) is 0.818. The van der Waals surface area contributed by atoms with Crippen molar-refractivity contribution in [3.05, 3.63) is 58.6 Å². The van der Waals surface area contributed by atoms with Gasteiger partial charge in [-0.2, -0.15) is 0 Å². The Morgan fingerprint density at radius 3 is 2.40 bits per heavy atom. The van der Waals surface area contributed by atoms with Crippen molar-refractivity contribution in [2.24, 2.45) is 0 Å². The number of rotatable bonds is 3. The molecule has 1 atom stereocenters. The molecule has 0 radical (unpaired) electrons. The van der Waals surface area contributed by atoms with E-state index in [9.17, 15) is 18.0 Å². The second-order valence-corrected chi connectivity index (χ2v) is 5.42. The van der Waals surface area contributed by atoms with Crippen LogP contribution in [0.1, 0.15) is 5.56 Å². The summed E-state index contributed by atoms with van der Waals surface area (Å²) in [6, 6.07) is 12.2. The Bertz CT molecular complexity index is 792. The third kappa shape index (κ3) is 3.96. The number of fused-ring (bicyclic) bond motifs is 1. The molecule has 132 valence electrons. The first-order valence-corrected chi connectivity index (χ1v) is 7.51. The summed E-state index contributed by atoms with van der Waals surface area (Å²) in [6.45, 7) is 0. The van der Waals surface area contributed by atoms with E-state index in [1.807, 2.05) is 30.3 Å². The fourth-order valence-corrected chi connectivity index (χ4v) is 2.72. The lowest BCUT2D eigenvalue weighted by molar-refractivity contribution is -0.134. The van der Waals surface area contributed by atoms with Crippen LogP contribution in [0.5, 0.6) is 5.75 Å². The number of hydrogen-bond acceptors (Lipinski definition) is 2. The van der Waals surface area contributed by atoms with Gasteiger partial charge in [0.05, 0.1) is 12.8 Å². The fourth-order valence-electron chi connectivity index (χ4n) is 2.44. The van der Waals surface area contributed by atoms with Crippen LogP contribution in [-0.4, -0.2) is 30.8 Å². The molecule has 0 bridgehead atoms. The molecule has 1 unspecified atom stereocenters. The fraction of sp³-hybridized carbons (Fsp3) is 0.167. The Hall–Kier alpha value is -2.47. The molecule has 0 aliphatic carbocycles. The van der Waals surface area contributed by atoms with E-state index in [1.165, 1.54) is 12.1 Å². The van der Waals surface area contributed by atoms with Gasteiger partial charge in [-0.1, -0.05) is 41.9 Å². The molecule has 0 saturated heterocycles. The average Bonchev–Trinajstić information content (AvgIpc) is 2.62. The van der Waals surface area contributed by atoms with Gasteiger partial charge in [0.15, 0.2) is 6.10 Å². The van der Waals surface area contributed by atoms with E-state index in [4.69, 9.17) is 21.4 Å². The number of ether oxygens (including phenoxy) is 1. The molecule has 7 heteroatoms. The van der Waals surface area contributed by atoms with Crippen molar-refractivity contribution in [2.75, 3.05) is 7.18 Å². The maximum absolute atomic E-state index is 13.1. The molecule has 0 aromatic heterocycles. The molecule has 1 aliphatic heterocycles. The predicted molar refractivity (Wildman–Crippen MR) is 90.0 cm³/mol. The highest BCUT2D eigenvalue weighted by molar-refractivity contribution is 6.33. The molecule has 3 rings (SSSR count). The summed E-state index contributed by atoms with van der Waals surface area (Å²) in [5.41, 5.74) is 1.32. The summed E-state index contributed by atoms with van der Waals surface area (Å²) >= 11 is 6.24. The number of benzene rings is 2. The summed E-state index contributed by atoms with van der Waals surface area (Å²) in [5, 5.41) is 9.45. The number of carboxylic acid groups (broad SMARTS) is 1. The third-order valence-electron chi connectivity index (χ3n) is 3.53. The molecule has 25 heavy (non-hydrogen) atoms. The minimum atomic E-state index is -2.94. The Morgan fingerprint density at radius 2 is 1.84 bits per heavy atom. The van der Waals surface area contributed by atoms with E-state index < -0.39 is 24.1 Å². The van der Waals surface area contributed by atoms with Crippen molar-refractivity contribution in [1.82, 2.24) is 0 Å². The van der Waals surface area contributed by atoms with Gasteiger partial charge in [0.25, 0.3) is 6.43 Å². The van der Waals surface area contributed by atoms with E-state index in [-0.39, 0.29) is 5.75 Å². The number of aliphatic carboxylic acids is 1. The van der Waals surface area contributed by atoms with Gasteiger partial charge in [-0.05, 0) is 23.8 Å². The van der Waals surface area contributed by atoms with Gasteiger partial charge < -0.3 is 9.84 Å². The SMILES string of the molecule is CF.O=C(O)C1=Cc2cc(Cl)c(-c3ccccc3)cc2OC1C(F)F. The summed E-state index contributed by atoms with van der Waals surface area (Å²) in [4.78, 5) is 11.1. The monoisotopic (exact) mass is 370 g/mol. The molecule has 1 aliphatic rings. The molecule has 3 nitrogen and oxygen atoms in total. The standard InChI is InChI=1S/C17H11ClF2O3.CH3F/c18-13-7-10-6-12(17(21)22)15(16(19)20)23-14(10)8-11(13)9-4-2-1-3-5-9;1-2/h1-8,15-16H,(H,21,22);1H3. The minimum absolute atomic E-state index is 0.184. The van der Waals surface area contributed by atoms with Crippen molar-refractivity contribution in [3.63, 3.8) is 0 Å². The minimum Gasteiger partial charge on any atom is -0.479 e. The van der Waals surface area contributed by atoms with E-state index in [1.54, 1.807) is 6.07 Å². The van der Waals surface area contributed by atoms with E-state index in [0.717, 1.165) is 5.56 Å². The Labute approximate surface area is 147 Å². The van der Waals surface area contributed by atoms with Crippen LogP contribution in [0.25, 0.3) is 17.2 Å². The van der Waals surface area contributed by atoms with Crippen molar-refractivity contribution >= 4 is 23.6 Å². The second kappa shape index (κ2) is 8.07. The highest BCUT2D eigenvalue weighted by atomic mass is 35.5. The zero-order valence-electron chi connectivity index (χ0n) is 13.0. The highest BCUT2D eigenvalue weighted by Gasteiger charge is 2.35. The third-order valence-corrected chi connectivity index (χ3v) is 3.84. The Kier molecular flexibility index (Phi) is 6.09. The molecule has 2 aromatic rings. The number of alkyl halides is 3. The smallest absolute Gasteiger partial charge is 0.335 e. The van der Waals surface area contributed by atoms with Gasteiger partial charge in [0.2, 0.25) is 0 Å². The van der Waals surface area contributed by atoms with Crippen LogP contribution in [0.4, 0.5) is 13.2 Å². The van der Waals surface area contributed by atoms with E-state index in [0.29, 0.717) is 23.3 Å². The van der Waals surface area contributed by atoms with E-state index >= 15 is 0 Å². The molecule has 2 aromatic carbocycles. The van der Waals surface area contributed by atoms with Crippen LogP contribution in [-0.2, 0) is 4.79 Å². The average molecular weight is 371 g/mol. The van der Waals surface area contributed by atoms with Gasteiger partial charge >= 0.3 is 5.97 Å². The highest BCUT2D eigenvalue weighted by Crippen LogP contribution is 2.39. The normalized spacial score (nSPS) is 15.4. The van der Waals surface area contributed by atoms with Crippen LogP contribution in [0, 0.1) is 0 Å². The Balaban J connectivity index is 0.00000109. The lowest BCUT2D eigenvalue weighted by atomic mass is 9.98. The zero-order chi connectivity index (χ0) is 18.6. The number of carbonyl (C=O) groups is 1. The summed E-state index contributed by atoms with van der Waals surface area (Å²) in [5.74, 6) is -1.26. The number of hydrogen-bond donors (Lipinski definition) is 1. The molecule has 1 heterocycles. The van der Waals surface area contributed by atoms with Crippen LogP contribution in [0.15, 0.2) is 48.0 Å². The van der Waals surface area contributed by atoms with Crippen molar-refractivity contribution in [2.45, 2.75) is 12.5 Å². The van der Waals surface area contributed by atoms with E-state index in [2.05, 4.69) is 0 Å². The van der Waals surface area contributed by atoms with Gasteiger partial charge in [-0.25, -0.2) is 13.6 Å². The van der Waals surface area contributed by atoms with Crippen molar-refractivity contribution in [1.29, 1.82) is 0 Å². The van der Waals surface area contributed by atoms with Crippen molar-refractivity contribution in [3.8, 4) is 16.9 Å². The van der Waals surface area contributed by atoms with Crippen LogP contribution >= 0.6 is 11.6 Å². The zero-order valence-corrected chi connectivity index (χ0v) is 13.8. The van der Waals surface area contributed by atoms with Crippen LogP contribution in [0.2, 0.25) is 5.02 Å². The molecule has 0 fully saturated rings. The second-order valence-electron chi connectivity index (χ2n) is 5.01. The van der Waals surface area contributed by atoms with Gasteiger partial charge in [0.1, 0.15) is 5.75 Å². The first-order chi connectivity index (χ1) is 12.0. The molecule has 0 spiro atoms. The van der Waals surface area contributed by atoms with Gasteiger partial charge in [-0.3, -0.25) is 4.39 Å². The number of halogens is 4. The molecule has 0 saturated carbocycles. The maximum atomic E-state index is 13.1. The Morgan fingerprint density at radius 1 is 1.20 bits per heavy atom. The molecule has 1 N–H and O–H groups in total. The molecular weight excluding hydrogens is 357 g/mol. The van der Waals surface area contributed by atoms with Crippen LogP contribution in [0.3, 0.4) is 0 Å². The van der Waals surface area contributed by atoms with Crippen molar-refractivity contribution < 1.29 is 27.8 Å². The van der Waals surface area contributed by atoms with Crippen LogP contribution < -0.4 is 4.74 Å². The first kappa shape index (κ1) is 18.9. The summed E-state index contributed by atoms with van der Waals surface area (Å²) in [7, 11) is 0.500. The predicted octanol–water partition coefficient (Wildman–Crippen LogP) is 5.09. The summed E-state index contributed by atoms with van der Waals surface area (Å²) in [6.07, 6.45) is -3.57. The first-order valence-electron chi connectivity index (χ1n) is 7.14. The summed E-state index contributed by atoms with van der Waals surface area (Å²) < 4.78 is 40.9. The molecule has 0 amide bonds. The largest absolute Gasteiger partial charge is 0.479 e. The maximum Gasteiger partial charge on any atom is 0.335 e. The topological polar surface area (TPSA) is 46.5 Å². The lowest BCUT2D eigenvalue weighted by Gasteiger charge is -2.25. The molecular formula is C18H14ClF3O3.